The van der Waals surface area contributed by atoms with E-state index in [1.165, 1.54) is 38.2 Å². The van der Waals surface area contributed by atoms with Gasteiger partial charge in [0.2, 0.25) is 0 Å². The van der Waals surface area contributed by atoms with E-state index in [4.69, 9.17) is 0 Å². The second-order valence-corrected chi connectivity index (χ2v) is 6.42. The fourth-order valence-electron chi connectivity index (χ4n) is 2.38. The molecule has 0 amide bonds. The molecule has 0 aromatic heterocycles. The predicted octanol–water partition coefficient (Wildman–Crippen LogP) is 1.97. The van der Waals surface area contributed by atoms with Crippen molar-refractivity contribution in [3.8, 4) is 0 Å². The topological polar surface area (TPSA) is 15.3 Å². The van der Waals surface area contributed by atoms with Crippen molar-refractivity contribution in [2.24, 2.45) is 11.8 Å². The van der Waals surface area contributed by atoms with Gasteiger partial charge >= 0.3 is 0 Å². The summed E-state index contributed by atoms with van der Waals surface area (Å²) in [6.07, 6.45) is 2.77. The summed E-state index contributed by atoms with van der Waals surface area (Å²) >= 11 is 2.13. The number of thioether (sulfide) groups is 1. The molecule has 3 unspecified atom stereocenters. The molecule has 0 bridgehead atoms. The standard InChI is InChI=1S/C11H22N2S/c1-9-3-4-13(7-9)12-6-11-5-10(2)14-8-11/h9-12H,3-8H2,1-2H3. The van der Waals surface area contributed by atoms with E-state index in [2.05, 4.69) is 36.0 Å². The number of nitrogens with zero attached hydrogens (tertiary/aromatic N) is 1. The monoisotopic (exact) mass is 214 g/mol. The Balaban J connectivity index is 1.63. The van der Waals surface area contributed by atoms with Crippen LogP contribution in [0.15, 0.2) is 0 Å². The van der Waals surface area contributed by atoms with E-state index < -0.39 is 0 Å². The van der Waals surface area contributed by atoms with Gasteiger partial charge in [0.15, 0.2) is 0 Å². The number of hydrazine groups is 1. The SMILES string of the molecule is CC1CCN(NCC2CSC(C)C2)C1. The first-order chi connectivity index (χ1) is 6.74. The lowest BCUT2D eigenvalue weighted by molar-refractivity contribution is 0.213. The van der Waals surface area contributed by atoms with Gasteiger partial charge in [-0.25, -0.2) is 5.01 Å². The van der Waals surface area contributed by atoms with Crippen LogP contribution in [0.3, 0.4) is 0 Å². The zero-order valence-electron chi connectivity index (χ0n) is 9.33. The minimum absolute atomic E-state index is 0.888. The molecule has 2 rings (SSSR count). The molecule has 0 saturated carbocycles. The van der Waals surface area contributed by atoms with Crippen LogP contribution in [-0.4, -0.2) is 35.6 Å². The summed E-state index contributed by atoms with van der Waals surface area (Å²) in [5, 5.41) is 3.30. The van der Waals surface area contributed by atoms with Gasteiger partial charge in [-0.1, -0.05) is 13.8 Å². The highest BCUT2D eigenvalue weighted by molar-refractivity contribution is 8.00. The Morgan fingerprint density at radius 2 is 2.29 bits per heavy atom. The molecule has 2 fully saturated rings. The quantitative estimate of drug-likeness (QED) is 0.773. The van der Waals surface area contributed by atoms with Gasteiger partial charge in [0.25, 0.3) is 0 Å². The molecule has 2 saturated heterocycles. The summed E-state index contributed by atoms with van der Waals surface area (Å²) in [5.41, 5.74) is 3.59. The average Bonchev–Trinajstić information content (AvgIpc) is 2.72. The molecule has 0 aromatic rings. The highest BCUT2D eigenvalue weighted by atomic mass is 32.2. The zero-order chi connectivity index (χ0) is 9.97. The summed E-state index contributed by atoms with van der Waals surface area (Å²) in [5.74, 6) is 3.16. The van der Waals surface area contributed by atoms with Gasteiger partial charge in [-0.15, -0.1) is 0 Å². The maximum atomic E-state index is 3.59. The molecule has 0 spiro atoms. The van der Waals surface area contributed by atoms with Gasteiger partial charge < -0.3 is 0 Å². The molecule has 14 heavy (non-hydrogen) atoms. The molecule has 2 aliphatic heterocycles. The Morgan fingerprint density at radius 1 is 1.43 bits per heavy atom. The molecule has 3 atom stereocenters. The van der Waals surface area contributed by atoms with Crippen LogP contribution in [0.1, 0.15) is 26.7 Å². The van der Waals surface area contributed by atoms with Crippen molar-refractivity contribution in [1.29, 1.82) is 0 Å². The Bertz CT molecular complexity index is 166. The van der Waals surface area contributed by atoms with E-state index in [1.807, 2.05) is 0 Å². The summed E-state index contributed by atoms with van der Waals surface area (Å²) < 4.78 is 0. The van der Waals surface area contributed by atoms with Gasteiger partial charge in [0.05, 0.1) is 0 Å². The van der Waals surface area contributed by atoms with E-state index in [0.717, 1.165) is 17.1 Å². The smallest absolute Gasteiger partial charge is 0.0157 e. The Morgan fingerprint density at radius 3 is 2.86 bits per heavy atom. The molecule has 2 nitrogen and oxygen atoms in total. The third-order valence-corrected chi connectivity index (χ3v) is 4.73. The largest absolute Gasteiger partial charge is 0.255 e. The molecule has 2 heterocycles. The molecule has 0 aromatic carbocycles. The van der Waals surface area contributed by atoms with Crippen LogP contribution in [0, 0.1) is 11.8 Å². The van der Waals surface area contributed by atoms with Crippen LogP contribution in [0.5, 0.6) is 0 Å². The van der Waals surface area contributed by atoms with E-state index in [1.54, 1.807) is 0 Å². The molecule has 3 heteroatoms. The van der Waals surface area contributed by atoms with Gasteiger partial charge in [-0.2, -0.15) is 11.8 Å². The molecule has 1 N–H and O–H groups in total. The van der Waals surface area contributed by atoms with E-state index in [0.29, 0.717) is 0 Å². The summed E-state index contributed by atoms with van der Waals surface area (Å²) in [6.45, 7) is 8.38. The van der Waals surface area contributed by atoms with Crippen molar-refractivity contribution in [2.75, 3.05) is 25.4 Å². The van der Waals surface area contributed by atoms with Crippen LogP contribution in [0.2, 0.25) is 0 Å². The van der Waals surface area contributed by atoms with E-state index in [9.17, 15) is 0 Å². The Kier molecular flexibility index (Phi) is 3.74. The third kappa shape index (κ3) is 2.88. The van der Waals surface area contributed by atoms with Gasteiger partial charge in [-0.3, -0.25) is 5.43 Å². The number of hydrogen-bond acceptors (Lipinski definition) is 3. The van der Waals surface area contributed by atoms with Crippen LogP contribution < -0.4 is 5.43 Å². The number of hydrogen-bond donors (Lipinski definition) is 1. The summed E-state index contributed by atoms with van der Waals surface area (Å²) in [4.78, 5) is 0. The minimum atomic E-state index is 0.888. The van der Waals surface area contributed by atoms with Crippen molar-refractivity contribution < 1.29 is 0 Å². The molecular weight excluding hydrogens is 192 g/mol. The van der Waals surface area contributed by atoms with Crippen LogP contribution in [0.4, 0.5) is 0 Å². The summed E-state index contributed by atoms with van der Waals surface area (Å²) in [7, 11) is 0. The molecule has 2 aliphatic rings. The maximum Gasteiger partial charge on any atom is 0.0157 e. The fourth-order valence-corrected chi connectivity index (χ4v) is 3.65. The number of nitrogens with one attached hydrogen (secondary N) is 1. The van der Waals surface area contributed by atoms with Crippen molar-refractivity contribution in [3.05, 3.63) is 0 Å². The lowest BCUT2D eigenvalue weighted by Crippen LogP contribution is -2.39. The van der Waals surface area contributed by atoms with Gasteiger partial charge in [0, 0.05) is 24.9 Å². The third-order valence-electron chi connectivity index (χ3n) is 3.31. The second-order valence-electron chi connectivity index (χ2n) is 4.95. The van der Waals surface area contributed by atoms with E-state index >= 15 is 0 Å². The highest BCUT2D eigenvalue weighted by Gasteiger charge is 2.23. The second kappa shape index (κ2) is 4.86. The first-order valence-corrected chi connectivity index (χ1v) is 6.89. The van der Waals surface area contributed by atoms with Gasteiger partial charge in [0.1, 0.15) is 0 Å². The normalized spacial score (nSPS) is 39.4. The zero-order valence-corrected chi connectivity index (χ0v) is 10.1. The van der Waals surface area contributed by atoms with Crippen LogP contribution in [0.25, 0.3) is 0 Å². The summed E-state index contributed by atoms with van der Waals surface area (Å²) in [6, 6.07) is 0. The van der Waals surface area contributed by atoms with Crippen molar-refractivity contribution in [2.45, 2.75) is 31.9 Å². The molecule has 0 radical (unpaired) electrons. The highest BCUT2D eigenvalue weighted by Crippen LogP contribution is 2.30. The minimum Gasteiger partial charge on any atom is -0.255 e. The molecular formula is C11H22N2S. The first kappa shape index (κ1) is 10.8. The van der Waals surface area contributed by atoms with Crippen LogP contribution >= 0.6 is 11.8 Å². The van der Waals surface area contributed by atoms with Crippen molar-refractivity contribution in [1.82, 2.24) is 10.4 Å². The lowest BCUT2D eigenvalue weighted by Gasteiger charge is -2.19. The molecule has 0 aliphatic carbocycles. The fraction of sp³-hybridized carbons (Fsp3) is 1.00. The maximum absolute atomic E-state index is 3.59. The Labute approximate surface area is 91.8 Å². The lowest BCUT2D eigenvalue weighted by atomic mass is 10.1. The average molecular weight is 214 g/mol. The number of rotatable bonds is 3. The van der Waals surface area contributed by atoms with Crippen molar-refractivity contribution >= 4 is 11.8 Å². The first-order valence-electron chi connectivity index (χ1n) is 5.84. The predicted molar refractivity (Wildman–Crippen MR) is 63.4 cm³/mol. The Hall–Kier alpha value is 0.270. The van der Waals surface area contributed by atoms with Gasteiger partial charge in [-0.05, 0) is 30.4 Å². The van der Waals surface area contributed by atoms with Crippen LogP contribution in [-0.2, 0) is 0 Å². The van der Waals surface area contributed by atoms with E-state index in [-0.39, 0.29) is 0 Å². The molecule has 82 valence electrons. The van der Waals surface area contributed by atoms with Crippen molar-refractivity contribution in [3.63, 3.8) is 0 Å².